The van der Waals surface area contributed by atoms with Gasteiger partial charge in [0.15, 0.2) is 0 Å². The highest BCUT2D eigenvalue weighted by molar-refractivity contribution is 4.83. The van der Waals surface area contributed by atoms with Crippen molar-refractivity contribution in [1.82, 2.24) is 5.32 Å². The second-order valence-electron chi connectivity index (χ2n) is 3.66. The minimum Gasteiger partial charge on any atom is -0.328 e. The van der Waals surface area contributed by atoms with Crippen LogP contribution >= 0.6 is 0 Å². The second kappa shape index (κ2) is 4.73. The molecule has 0 bridgehead atoms. The van der Waals surface area contributed by atoms with Gasteiger partial charge in [0, 0.05) is 6.04 Å². The molecule has 0 atom stereocenters. The average molecular weight is 156 g/mol. The second-order valence-corrected chi connectivity index (χ2v) is 3.66. The molecule has 2 heteroatoms. The highest BCUT2D eigenvalue weighted by Gasteiger charge is 2.24. The van der Waals surface area contributed by atoms with Crippen molar-refractivity contribution in [3.05, 3.63) is 0 Å². The van der Waals surface area contributed by atoms with E-state index >= 15 is 0 Å². The normalized spacial score (nSPS) is 30.0. The highest BCUT2D eigenvalue weighted by Crippen LogP contribution is 2.24. The van der Waals surface area contributed by atoms with E-state index in [1.807, 2.05) is 0 Å². The zero-order valence-corrected chi connectivity index (χ0v) is 7.47. The molecule has 0 heterocycles. The Kier molecular flexibility index (Phi) is 3.87. The fourth-order valence-corrected chi connectivity index (χ4v) is 1.56. The summed E-state index contributed by atoms with van der Waals surface area (Å²) in [6.45, 7) is 4.59. The number of hydrogen-bond acceptors (Lipinski definition) is 2. The Morgan fingerprint density at radius 1 is 1.45 bits per heavy atom. The quantitative estimate of drug-likeness (QED) is 0.585. The maximum absolute atomic E-state index is 5.67. The minimum atomic E-state index is 0.507. The smallest absolute Gasteiger partial charge is 0.00450 e. The van der Waals surface area contributed by atoms with Crippen LogP contribution in [0.25, 0.3) is 0 Å². The number of hydrogen-bond donors (Lipinski definition) is 2. The van der Waals surface area contributed by atoms with Crippen LogP contribution in [0, 0.1) is 5.92 Å². The van der Waals surface area contributed by atoms with Crippen molar-refractivity contribution >= 4 is 0 Å². The van der Waals surface area contributed by atoms with Gasteiger partial charge in [0.25, 0.3) is 0 Å². The Morgan fingerprint density at radius 2 is 2.18 bits per heavy atom. The molecule has 1 saturated carbocycles. The van der Waals surface area contributed by atoms with E-state index in [0.717, 1.165) is 5.92 Å². The molecule has 0 aromatic heterocycles. The molecule has 0 spiro atoms. The standard InChI is InChI=1S/C9H20N2/c1-2-3-4-11-7-8-5-9(10)6-8/h8-9,11H,2-7,10H2,1H3. The Balaban J connectivity index is 1.81. The van der Waals surface area contributed by atoms with E-state index < -0.39 is 0 Å². The first-order valence-electron chi connectivity index (χ1n) is 4.79. The van der Waals surface area contributed by atoms with E-state index in [0.29, 0.717) is 6.04 Å². The Labute approximate surface area is 69.5 Å². The van der Waals surface area contributed by atoms with Crippen LogP contribution in [0.5, 0.6) is 0 Å². The fourth-order valence-electron chi connectivity index (χ4n) is 1.56. The van der Waals surface area contributed by atoms with Crippen molar-refractivity contribution in [3.8, 4) is 0 Å². The van der Waals surface area contributed by atoms with Gasteiger partial charge >= 0.3 is 0 Å². The number of unbranched alkanes of at least 4 members (excludes halogenated alkanes) is 1. The number of nitrogens with two attached hydrogens (primary N) is 1. The molecule has 0 unspecified atom stereocenters. The lowest BCUT2D eigenvalue weighted by molar-refractivity contribution is 0.256. The molecule has 0 radical (unpaired) electrons. The zero-order valence-electron chi connectivity index (χ0n) is 7.47. The molecule has 0 amide bonds. The summed E-state index contributed by atoms with van der Waals surface area (Å²) in [7, 11) is 0. The molecule has 1 rings (SSSR count). The Morgan fingerprint density at radius 3 is 2.73 bits per heavy atom. The van der Waals surface area contributed by atoms with Gasteiger partial charge in [-0.1, -0.05) is 13.3 Å². The Bertz CT molecular complexity index is 97.7. The predicted octanol–water partition coefficient (Wildman–Crippen LogP) is 1.11. The summed E-state index contributed by atoms with van der Waals surface area (Å²) >= 11 is 0. The molecule has 1 aliphatic rings. The van der Waals surface area contributed by atoms with Crippen LogP contribution in [0.2, 0.25) is 0 Å². The molecule has 1 fully saturated rings. The first-order chi connectivity index (χ1) is 5.33. The molecule has 11 heavy (non-hydrogen) atoms. The SMILES string of the molecule is CCCCNCC1CC(N)C1. The van der Waals surface area contributed by atoms with E-state index in [2.05, 4.69) is 12.2 Å². The zero-order chi connectivity index (χ0) is 8.10. The molecule has 1 aliphatic carbocycles. The number of rotatable bonds is 5. The molecule has 0 aliphatic heterocycles. The van der Waals surface area contributed by atoms with Crippen molar-refractivity contribution in [2.45, 2.75) is 38.6 Å². The van der Waals surface area contributed by atoms with Gasteiger partial charge in [-0.15, -0.1) is 0 Å². The third kappa shape index (κ3) is 3.21. The van der Waals surface area contributed by atoms with E-state index in [4.69, 9.17) is 5.73 Å². The molecule has 0 saturated heterocycles. The third-order valence-corrected chi connectivity index (χ3v) is 2.41. The van der Waals surface area contributed by atoms with Gasteiger partial charge in [-0.25, -0.2) is 0 Å². The predicted molar refractivity (Wildman–Crippen MR) is 48.5 cm³/mol. The lowest BCUT2D eigenvalue weighted by Crippen LogP contribution is -2.41. The monoisotopic (exact) mass is 156 g/mol. The van der Waals surface area contributed by atoms with Gasteiger partial charge in [0.05, 0.1) is 0 Å². The van der Waals surface area contributed by atoms with E-state index in [-0.39, 0.29) is 0 Å². The Hall–Kier alpha value is -0.0800. The van der Waals surface area contributed by atoms with Gasteiger partial charge in [-0.3, -0.25) is 0 Å². The van der Waals surface area contributed by atoms with Gasteiger partial charge in [-0.05, 0) is 38.3 Å². The summed E-state index contributed by atoms with van der Waals surface area (Å²) in [4.78, 5) is 0. The molecular weight excluding hydrogens is 136 g/mol. The first kappa shape index (κ1) is 9.01. The van der Waals surface area contributed by atoms with Crippen LogP contribution in [-0.4, -0.2) is 19.1 Å². The lowest BCUT2D eigenvalue weighted by Gasteiger charge is -2.32. The van der Waals surface area contributed by atoms with Gasteiger partial charge < -0.3 is 11.1 Å². The summed E-state index contributed by atoms with van der Waals surface area (Å²) in [6.07, 6.45) is 5.06. The largest absolute Gasteiger partial charge is 0.328 e. The maximum atomic E-state index is 5.67. The van der Waals surface area contributed by atoms with Crippen LogP contribution in [0.4, 0.5) is 0 Å². The van der Waals surface area contributed by atoms with E-state index in [9.17, 15) is 0 Å². The van der Waals surface area contributed by atoms with E-state index in [1.54, 1.807) is 0 Å². The minimum absolute atomic E-state index is 0.507. The fraction of sp³-hybridized carbons (Fsp3) is 1.00. The van der Waals surface area contributed by atoms with Crippen molar-refractivity contribution in [3.63, 3.8) is 0 Å². The summed E-state index contributed by atoms with van der Waals surface area (Å²) in [5.41, 5.74) is 5.67. The van der Waals surface area contributed by atoms with Crippen LogP contribution in [0.3, 0.4) is 0 Å². The van der Waals surface area contributed by atoms with Gasteiger partial charge in [0.1, 0.15) is 0 Å². The van der Waals surface area contributed by atoms with Crippen LogP contribution in [-0.2, 0) is 0 Å². The molecule has 2 nitrogen and oxygen atoms in total. The van der Waals surface area contributed by atoms with Gasteiger partial charge in [0.2, 0.25) is 0 Å². The van der Waals surface area contributed by atoms with Crippen molar-refractivity contribution in [1.29, 1.82) is 0 Å². The topological polar surface area (TPSA) is 38.0 Å². The summed E-state index contributed by atoms with van der Waals surface area (Å²) in [6, 6.07) is 0.507. The summed E-state index contributed by atoms with van der Waals surface area (Å²) in [5, 5.41) is 3.45. The molecule has 3 N–H and O–H groups in total. The molecule has 0 aromatic rings. The summed E-state index contributed by atoms with van der Waals surface area (Å²) in [5.74, 6) is 0.877. The molecule has 0 aromatic carbocycles. The summed E-state index contributed by atoms with van der Waals surface area (Å²) < 4.78 is 0. The third-order valence-electron chi connectivity index (χ3n) is 2.41. The van der Waals surface area contributed by atoms with Crippen LogP contribution in [0.1, 0.15) is 32.6 Å². The van der Waals surface area contributed by atoms with Crippen molar-refractivity contribution in [2.75, 3.05) is 13.1 Å². The van der Waals surface area contributed by atoms with Crippen LogP contribution in [0.15, 0.2) is 0 Å². The highest BCUT2D eigenvalue weighted by atomic mass is 14.9. The molecular formula is C9H20N2. The number of nitrogens with one attached hydrogen (secondary N) is 1. The maximum Gasteiger partial charge on any atom is 0.00450 e. The van der Waals surface area contributed by atoms with Crippen LogP contribution < -0.4 is 11.1 Å². The first-order valence-corrected chi connectivity index (χ1v) is 4.79. The average Bonchev–Trinajstić information content (AvgIpc) is 1.94. The molecule has 66 valence electrons. The van der Waals surface area contributed by atoms with Crippen molar-refractivity contribution in [2.24, 2.45) is 11.7 Å². The lowest BCUT2D eigenvalue weighted by atomic mass is 9.81. The van der Waals surface area contributed by atoms with Gasteiger partial charge in [-0.2, -0.15) is 0 Å². The van der Waals surface area contributed by atoms with E-state index in [1.165, 1.54) is 38.8 Å². The van der Waals surface area contributed by atoms with Crippen molar-refractivity contribution < 1.29 is 0 Å².